The first-order valence-corrected chi connectivity index (χ1v) is 10.1. The molecule has 2 aliphatic heterocycles. The molecule has 1 aromatic carbocycles. The molecule has 0 atom stereocenters. The summed E-state index contributed by atoms with van der Waals surface area (Å²) in [5.41, 5.74) is 0.00797. The molecule has 2 fully saturated rings. The summed E-state index contributed by atoms with van der Waals surface area (Å²) in [4.78, 5) is 26.8. The van der Waals surface area contributed by atoms with E-state index in [-0.39, 0.29) is 44.1 Å². The quantitative estimate of drug-likeness (QED) is 0.652. The number of nitrogens with zero attached hydrogens (tertiary/aromatic N) is 1. The van der Waals surface area contributed by atoms with Crippen molar-refractivity contribution in [2.45, 2.75) is 38.0 Å². The Balaban J connectivity index is 1.43. The van der Waals surface area contributed by atoms with Crippen molar-refractivity contribution in [1.29, 1.82) is 0 Å². The van der Waals surface area contributed by atoms with Gasteiger partial charge >= 0.3 is 0 Å². The van der Waals surface area contributed by atoms with Crippen LogP contribution in [0.1, 0.15) is 26.7 Å². The van der Waals surface area contributed by atoms with Crippen molar-refractivity contribution in [3.63, 3.8) is 0 Å². The van der Waals surface area contributed by atoms with Crippen molar-refractivity contribution in [3.05, 3.63) is 30.3 Å². The van der Waals surface area contributed by atoms with Gasteiger partial charge in [0, 0.05) is 24.7 Å². The van der Waals surface area contributed by atoms with Crippen LogP contribution >= 0.6 is 0 Å². The number of rotatable bonds is 6. The molecule has 0 spiro atoms. The van der Waals surface area contributed by atoms with Crippen molar-refractivity contribution >= 4 is 17.5 Å². The Morgan fingerprint density at radius 1 is 1.14 bits per heavy atom. The molecule has 160 valence electrons. The van der Waals surface area contributed by atoms with Gasteiger partial charge < -0.3 is 24.8 Å². The van der Waals surface area contributed by atoms with Gasteiger partial charge in [-0.05, 0) is 38.8 Å². The highest BCUT2D eigenvalue weighted by Crippen LogP contribution is 2.23. The number of ether oxygens (including phenoxy) is 2. The Morgan fingerprint density at radius 3 is 2.34 bits per heavy atom. The van der Waals surface area contributed by atoms with Gasteiger partial charge in [0.1, 0.15) is 0 Å². The zero-order valence-electron chi connectivity index (χ0n) is 17.1. The maximum atomic E-state index is 12.6. The third-order valence-electron chi connectivity index (χ3n) is 5.57. The van der Waals surface area contributed by atoms with Crippen LogP contribution in [0.2, 0.25) is 0 Å². The lowest BCUT2D eigenvalue weighted by molar-refractivity contribution is -0.275. The molecule has 0 radical (unpaired) electrons. The predicted octanol–water partition coefficient (Wildman–Crippen LogP) is 0.967. The average molecular weight is 405 g/mol. The molecule has 0 bridgehead atoms. The number of piperidine rings is 1. The Bertz CT molecular complexity index is 692. The van der Waals surface area contributed by atoms with Gasteiger partial charge in [-0.1, -0.05) is 18.2 Å². The lowest BCUT2D eigenvalue weighted by Gasteiger charge is -2.43. The van der Waals surface area contributed by atoms with Crippen LogP contribution in [0.25, 0.3) is 0 Å². The topological polar surface area (TPSA) is 100 Å². The number of amides is 2. The number of hydrogen-bond donors (Lipinski definition) is 3. The largest absolute Gasteiger partial charge is 0.394 e. The SMILES string of the molecule is CC1(C)OCC(CO)(NCC(=O)N2CCC(C(=O)Nc3ccccc3)CC2)CO1. The van der Waals surface area contributed by atoms with E-state index in [1.807, 2.05) is 44.2 Å². The molecule has 0 unspecified atom stereocenters. The number of nitrogens with one attached hydrogen (secondary N) is 2. The van der Waals surface area contributed by atoms with Crippen LogP contribution in [0, 0.1) is 5.92 Å². The monoisotopic (exact) mass is 405 g/mol. The number of benzene rings is 1. The summed E-state index contributed by atoms with van der Waals surface area (Å²) < 4.78 is 11.3. The molecule has 2 saturated heterocycles. The fourth-order valence-corrected chi connectivity index (χ4v) is 3.49. The number of likely N-dealkylation sites (tertiary alicyclic amines) is 1. The third-order valence-corrected chi connectivity index (χ3v) is 5.57. The first-order chi connectivity index (χ1) is 13.8. The molecule has 0 aromatic heterocycles. The van der Waals surface area contributed by atoms with Gasteiger partial charge in [0.15, 0.2) is 5.79 Å². The van der Waals surface area contributed by atoms with Gasteiger partial charge in [0.05, 0.1) is 31.9 Å². The van der Waals surface area contributed by atoms with Crippen LogP contribution < -0.4 is 10.6 Å². The second kappa shape index (κ2) is 9.21. The van der Waals surface area contributed by atoms with E-state index in [2.05, 4.69) is 10.6 Å². The summed E-state index contributed by atoms with van der Waals surface area (Å²) in [6.45, 7) is 5.16. The molecular weight excluding hydrogens is 374 g/mol. The average Bonchev–Trinajstić information content (AvgIpc) is 2.74. The highest BCUT2D eigenvalue weighted by molar-refractivity contribution is 5.92. The maximum absolute atomic E-state index is 12.6. The minimum Gasteiger partial charge on any atom is -0.394 e. The van der Waals surface area contributed by atoms with Crippen LogP contribution in [0.4, 0.5) is 5.69 Å². The molecule has 2 aliphatic rings. The number of anilines is 1. The summed E-state index contributed by atoms with van der Waals surface area (Å²) >= 11 is 0. The van der Waals surface area contributed by atoms with E-state index in [1.54, 1.807) is 4.90 Å². The number of hydrogen-bond acceptors (Lipinski definition) is 6. The van der Waals surface area contributed by atoms with Crippen molar-refractivity contribution < 1.29 is 24.2 Å². The van der Waals surface area contributed by atoms with Gasteiger partial charge in [-0.15, -0.1) is 0 Å². The molecular formula is C21H31N3O5. The molecule has 3 rings (SSSR count). The summed E-state index contributed by atoms with van der Waals surface area (Å²) in [5.74, 6) is -0.838. The zero-order chi connectivity index (χ0) is 20.9. The van der Waals surface area contributed by atoms with Gasteiger partial charge in [-0.2, -0.15) is 0 Å². The van der Waals surface area contributed by atoms with E-state index < -0.39 is 11.3 Å². The van der Waals surface area contributed by atoms with Crippen LogP contribution in [-0.2, 0) is 19.1 Å². The van der Waals surface area contributed by atoms with E-state index in [0.29, 0.717) is 25.9 Å². The number of carbonyl (C=O) groups is 2. The van der Waals surface area contributed by atoms with Gasteiger partial charge in [-0.3, -0.25) is 14.9 Å². The number of carbonyl (C=O) groups excluding carboxylic acids is 2. The van der Waals surface area contributed by atoms with Crippen molar-refractivity contribution in [2.24, 2.45) is 5.92 Å². The van der Waals surface area contributed by atoms with E-state index in [4.69, 9.17) is 9.47 Å². The second-order valence-electron chi connectivity index (χ2n) is 8.28. The smallest absolute Gasteiger partial charge is 0.236 e. The molecule has 0 aliphatic carbocycles. The molecule has 2 amide bonds. The first-order valence-electron chi connectivity index (χ1n) is 10.1. The lowest BCUT2D eigenvalue weighted by Crippen LogP contribution is -2.63. The van der Waals surface area contributed by atoms with Crippen LogP contribution in [0.3, 0.4) is 0 Å². The lowest BCUT2D eigenvalue weighted by atomic mass is 9.95. The molecule has 8 heteroatoms. The van der Waals surface area contributed by atoms with Gasteiger partial charge in [-0.25, -0.2) is 0 Å². The van der Waals surface area contributed by atoms with E-state index in [1.165, 1.54) is 0 Å². The summed E-state index contributed by atoms with van der Waals surface area (Å²) in [5, 5.41) is 15.8. The van der Waals surface area contributed by atoms with Gasteiger partial charge in [0.2, 0.25) is 11.8 Å². The summed E-state index contributed by atoms with van der Waals surface area (Å²) in [6.07, 6.45) is 1.27. The van der Waals surface area contributed by atoms with Crippen LogP contribution in [0.15, 0.2) is 30.3 Å². The number of aliphatic hydroxyl groups excluding tert-OH is 1. The van der Waals surface area contributed by atoms with Crippen LogP contribution in [-0.4, -0.2) is 72.6 Å². The predicted molar refractivity (Wildman–Crippen MR) is 108 cm³/mol. The van der Waals surface area contributed by atoms with Crippen molar-refractivity contribution in [3.8, 4) is 0 Å². The number of para-hydroxylation sites is 1. The molecule has 3 N–H and O–H groups in total. The zero-order valence-corrected chi connectivity index (χ0v) is 17.1. The molecule has 1 aromatic rings. The fourth-order valence-electron chi connectivity index (χ4n) is 3.49. The Kier molecular flexibility index (Phi) is 6.89. The van der Waals surface area contributed by atoms with Crippen molar-refractivity contribution in [1.82, 2.24) is 10.2 Å². The maximum Gasteiger partial charge on any atom is 0.236 e. The van der Waals surface area contributed by atoms with Crippen LogP contribution in [0.5, 0.6) is 0 Å². The molecule has 29 heavy (non-hydrogen) atoms. The highest BCUT2D eigenvalue weighted by Gasteiger charge is 2.40. The fraction of sp³-hybridized carbons (Fsp3) is 0.619. The van der Waals surface area contributed by atoms with E-state index >= 15 is 0 Å². The standard InChI is InChI=1S/C21H31N3O5/c1-20(2)28-14-21(13-25,15-29-20)22-12-18(26)24-10-8-16(9-11-24)19(27)23-17-6-4-3-5-7-17/h3-7,16,22,25H,8-15H2,1-2H3,(H,23,27). The summed E-state index contributed by atoms with van der Waals surface area (Å²) in [6, 6.07) is 9.39. The van der Waals surface area contributed by atoms with E-state index in [0.717, 1.165) is 5.69 Å². The molecule has 8 nitrogen and oxygen atoms in total. The van der Waals surface area contributed by atoms with Crippen molar-refractivity contribution in [2.75, 3.05) is 44.8 Å². The number of aliphatic hydroxyl groups is 1. The minimum atomic E-state index is -0.779. The summed E-state index contributed by atoms with van der Waals surface area (Å²) in [7, 11) is 0. The second-order valence-corrected chi connectivity index (χ2v) is 8.28. The van der Waals surface area contributed by atoms with E-state index in [9.17, 15) is 14.7 Å². The van der Waals surface area contributed by atoms with Gasteiger partial charge in [0.25, 0.3) is 0 Å². The third kappa shape index (κ3) is 5.76. The Labute approximate surface area is 171 Å². The highest BCUT2D eigenvalue weighted by atomic mass is 16.7. The molecule has 0 saturated carbocycles. The molecule has 2 heterocycles. The first kappa shape index (κ1) is 21.7. The Hall–Kier alpha value is -2.00. The normalized spacial score (nSPS) is 21.6. The minimum absolute atomic E-state index is 0.000208. The Morgan fingerprint density at radius 2 is 1.76 bits per heavy atom.